The summed E-state index contributed by atoms with van der Waals surface area (Å²) in [5.74, 6) is -8.43. The molecule has 0 aromatic heterocycles. The molecule has 12 nitrogen and oxygen atoms in total. The molecule has 0 radical (unpaired) electrons. The molecular weight excluding hydrogens is 663 g/mol. The Labute approximate surface area is 283 Å². The standard InChI is InChI=1S/C35H34F3N3O9/c1-35(2,3)50-34(49)40-19(7-16-9-24(37)25(38)14-23(16)36)11-28(45)39-18-5-4-6-41(15-18)33(48)17-8-21-29(26(43)10-17)32(47)30-22(31(21)46)12-20(42)13-27(30)44/h8-10,12-14,18-19,42-44H,4-7,11,15H2,1-3H3,(H,39,45)(H,40,49)/t18-,19+/m0/s1. The number of piperidine rings is 1. The fourth-order valence-electron chi connectivity index (χ4n) is 6.07. The Balaban J connectivity index is 1.29. The van der Waals surface area contributed by atoms with E-state index in [1.807, 2.05) is 0 Å². The summed E-state index contributed by atoms with van der Waals surface area (Å²) in [4.78, 5) is 67.0. The van der Waals surface area contributed by atoms with Crippen molar-refractivity contribution in [3.05, 3.63) is 87.2 Å². The molecule has 0 unspecified atom stereocenters. The third-order valence-electron chi connectivity index (χ3n) is 8.19. The maximum absolute atomic E-state index is 14.5. The normalized spacial score (nSPS) is 16.3. The van der Waals surface area contributed by atoms with Gasteiger partial charge in [0.05, 0.1) is 11.1 Å². The van der Waals surface area contributed by atoms with E-state index in [1.54, 1.807) is 20.8 Å². The van der Waals surface area contributed by atoms with Gasteiger partial charge in [-0.15, -0.1) is 0 Å². The average Bonchev–Trinajstić information content (AvgIpc) is 3.00. The number of rotatable bonds is 7. The van der Waals surface area contributed by atoms with Crippen LogP contribution in [0, 0.1) is 17.5 Å². The Bertz CT molecular complexity index is 1930. The number of likely N-dealkylation sites (tertiary alicyclic amines) is 1. The van der Waals surface area contributed by atoms with E-state index in [1.165, 1.54) is 4.90 Å². The maximum atomic E-state index is 14.5. The van der Waals surface area contributed by atoms with Crippen LogP contribution < -0.4 is 10.6 Å². The highest BCUT2D eigenvalue weighted by Gasteiger charge is 2.37. The Kier molecular flexibility index (Phi) is 9.80. The van der Waals surface area contributed by atoms with Crippen LogP contribution in [0.4, 0.5) is 18.0 Å². The van der Waals surface area contributed by atoms with Gasteiger partial charge in [-0.1, -0.05) is 0 Å². The van der Waals surface area contributed by atoms with E-state index < -0.39 is 93.8 Å². The first-order valence-corrected chi connectivity index (χ1v) is 15.7. The van der Waals surface area contributed by atoms with Crippen LogP contribution in [-0.4, -0.2) is 80.5 Å². The fourth-order valence-corrected chi connectivity index (χ4v) is 6.07. The van der Waals surface area contributed by atoms with Crippen molar-refractivity contribution >= 4 is 29.5 Å². The lowest BCUT2D eigenvalue weighted by atomic mass is 9.82. The third kappa shape index (κ3) is 7.66. The third-order valence-corrected chi connectivity index (χ3v) is 8.19. The molecule has 1 aliphatic heterocycles. The number of alkyl carbamates (subject to hydrolysis) is 1. The Morgan fingerprint density at radius 1 is 0.900 bits per heavy atom. The number of carbonyl (C=O) groups is 5. The summed E-state index contributed by atoms with van der Waals surface area (Å²) in [5.41, 5.74) is -2.69. The zero-order valence-corrected chi connectivity index (χ0v) is 27.2. The first-order valence-electron chi connectivity index (χ1n) is 15.7. The summed E-state index contributed by atoms with van der Waals surface area (Å²) in [6, 6.07) is 3.39. The van der Waals surface area contributed by atoms with Crippen LogP contribution in [0.5, 0.6) is 17.2 Å². The molecule has 0 saturated carbocycles. The molecule has 0 spiro atoms. The van der Waals surface area contributed by atoms with Gasteiger partial charge in [-0.2, -0.15) is 0 Å². The smallest absolute Gasteiger partial charge is 0.407 e. The number of nitrogens with one attached hydrogen (secondary N) is 2. The molecule has 15 heteroatoms. The average molecular weight is 698 g/mol. The Morgan fingerprint density at radius 3 is 2.22 bits per heavy atom. The summed E-state index contributed by atoms with van der Waals surface area (Å²) in [6.07, 6.45) is -0.819. The number of hydrogen-bond donors (Lipinski definition) is 5. The minimum atomic E-state index is -1.39. The van der Waals surface area contributed by atoms with Crippen LogP contribution in [-0.2, 0) is 16.0 Å². The lowest BCUT2D eigenvalue weighted by molar-refractivity contribution is -0.122. The fraction of sp³-hybridized carbons (Fsp3) is 0.343. The van der Waals surface area contributed by atoms with Gasteiger partial charge in [-0.3, -0.25) is 19.2 Å². The number of halogens is 3. The van der Waals surface area contributed by atoms with Gasteiger partial charge in [0.25, 0.3) is 5.91 Å². The highest BCUT2D eigenvalue weighted by Crippen LogP contribution is 2.39. The van der Waals surface area contributed by atoms with Crippen molar-refractivity contribution < 1.29 is 57.2 Å². The SMILES string of the molecule is CC(C)(C)OC(=O)N[C@@H](CC(=O)N[C@H]1CCCN(C(=O)c2cc(O)c3c(c2)C(=O)c2cc(O)cc(O)c2C3=O)C1)Cc1cc(F)c(F)cc1F. The summed E-state index contributed by atoms with van der Waals surface area (Å²) in [7, 11) is 0. The zero-order valence-electron chi connectivity index (χ0n) is 27.2. The van der Waals surface area contributed by atoms with Crippen LogP contribution in [0.15, 0.2) is 36.4 Å². The van der Waals surface area contributed by atoms with Crippen molar-refractivity contribution in [3.8, 4) is 17.2 Å². The molecule has 2 aliphatic rings. The van der Waals surface area contributed by atoms with Crippen molar-refractivity contribution in [1.82, 2.24) is 15.5 Å². The molecule has 1 fully saturated rings. The van der Waals surface area contributed by atoms with E-state index in [2.05, 4.69) is 10.6 Å². The van der Waals surface area contributed by atoms with Gasteiger partial charge in [0, 0.05) is 60.4 Å². The van der Waals surface area contributed by atoms with E-state index in [0.717, 1.165) is 24.3 Å². The largest absolute Gasteiger partial charge is 0.508 e. The van der Waals surface area contributed by atoms with Crippen molar-refractivity contribution in [2.45, 2.75) is 64.1 Å². The maximum Gasteiger partial charge on any atom is 0.407 e. The summed E-state index contributed by atoms with van der Waals surface area (Å²) in [6.45, 7) is 5.08. The monoisotopic (exact) mass is 697 g/mol. The molecule has 1 saturated heterocycles. The van der Waals surface area contributed by atoms with E-state index in [4.69, 9.17) is 4.74 Å². The van der Waals surface area contributed by atoms with E-state index in [9.17, 15) is 52.5 Å². The number of hydrogen-bond acceptors (Lipinski definition) is 9. The lowest BCUT2D eigenvalue weighted by Crippen LogP contribution is -2.51. The molecule has 50 heavy (non-hydrogen) atoms. The van der Waals surface area contributed by atoms with Gasteiger partial charge in [-0.25, -0.2) is 18.0 Å². The number of carbonyl (C=O) groups excluding carboxylic acids is 5. The second-order valence-electron chi connectivity index (χ2n) is 13.2. The number of aromatic hydroxyl groups is 3. The molecule has 5 rings (SSSR count). The van der Waals surface area contributed by atoms with Crippen LogP contribution in [0.3, 0.4) is 0 Å². The molecule has 3 aromatic rings. The van der Waals surface area contributed by atoms with Crippen molar-refractivity contribution in [2.24, 2.45) is 0 Å². The van der Waals surface area contributed by atoms with Crippen molar-refractivity contribution in [3.63, 3.8) is 0 Å². The van der Waals surface area contributed by atoms with Gasteiger partial charge < -0.3 is 35.6 Å². The highest BCUT2D eigenvalue weighted by molar-refractivity contribution is 6.30. The predicted octanol–water partition coefficient (Wildman–Crippen LogP) is 4.24. The Morgan fingerprint density at radius 2 is 1.54 bits per heavy atom. The molecule has 0 bridgehead atoms. The summed E-state index contributed by atoms with van der Waals surface area (Å²) in [5, 5.41) is 36.1. The molecule has 3 aromatic carbocycles. The van der Waals surface area contributed by atoms with Crippen LogP contribution >= 0.6 is 0 Å². The lowest BCUT2D eigenvalue weighted by Gasteiger charge is -2.34. The number of phenols is 3. The molecule has 5 N–H and O–H groups in total. The van der Waals surface area contributed by atoms with Gasteiger partial charge in [0.15, 0.2) is 17.4 Å². The van der Waals surface area contributed by atoms with Gasteiger partial charge in [0.2, 0.25) is 11.7 Å². The quantitative estimate of drug-likeness (QED) is 0.176. The number of nitrogens with zero attached hydrogens (tertiary/aromatic N) is 1. The number of benzene rings is 3. The number of phenolic OH excluding ortho intramolecular Hbond substituents is 3. The van der Waals surface area contributed by atoms with E-state index in [0.29, 0.717) is 25.0 Å². The highest BCUT2D eigenvalue weighted by atomic mass is 19.2. The zero-order chi connectivity index (χ0) is 36.7. The van der Waals surface area contributed by atoms with Gasteiger partial charge in [-0.05, 0) is 69.9 Å². The second kappa shape index (κ2) is 13.7. The minimum absolute atomic E-state index is 0.00182. The van der Waals surface area contributed by atoms with Crippen molar-refractivity contribution in [2.75, 3.05) is 13.1 Å². The first-order chi connectivity index (χ1) is 23.4. The molecule has 3 amide bonds. The molecule has 2 atom stereocenters. The Hall–Kier alpha value is -5.60. The molecule has 1 aliphatic carbocycles. The predicted molar refractivity (Wildman–Crippen MR) is 170 cm³/mol. The number of amides is 3. The van der Waals surface area contributed by atoms with Gasteiger partial charge >= 0.3 is 6.09 Å². The number of ether oxygens (including phenoxy) is 1. The van der Waals surface area contributed by atoms with Crippen LogP contribution in [0.25, 0.3) is 0 Å². The number of ketones is 2. The van der Waals surface area contributed by atoms with Crippen molar-refractivity contribution in [1.29, 1.82) is 0 Å². The van der Waals surface area contributed by atoms with E-state index in [-0.39, 0.29) is 47.3 Å². The topological polar surface area (TPSA) is 183 Å². The molecule has 264 valence electrons. The molecular formula is C35H34F3N3O9. The van der Waals surface area contributed by atoms with E-state index >= 15 is 0 Å². The van der Waals surface area contributed by atoms with Crippen LogP contribution in [0.2, 0.25) is 0 Å². The summed E-state index contributed by atoms with van der Waals surface area (Å²) < 4.78 is 47.1. The minimum Gasteiger partial charge on any atom is -0.508 e. The summed E-state index contributed by atoms with van der Waals surface area (Å²) >= 11 is 0. The molecule has 1 heterocycles. The second-order valence-corrected chi connectivity index (χ2v) is 13.2. The van der Waals surface area contributed by atoms with Gasteiger partial charge in [0.1, 0.15) is 28.7 Å². The van der Waals surface area contributed by atoms with Crippen LogP contribution in [0.1, 0.15) is 87.8 Å². The first kappa shape index (κ1) is 35.7. The number of fused-ring (bicyclic) bond motifs is 2.